The second-order valence-corrected chi connectivity index (χ2v) is 6.27. The average Bonchev–Trinajstić information content (AvgIpc) is 2.58. The molecule has 1 aliphatic carbocycles. The molecule has 1 fully saturated rings. The number of pyridine rings is 1. The largest absolute Gasteiger partial charge is 0.368 e. The van der Waals surface area contributed by atoms with Gasteiger partial charge in [-0.3, -0.25) is 4.98 Å². The fraction of sp³-hybridized carbons (Fsp3) is 0.471. The lowest BCUT2D eigenvalue weighted by Crippen LogP contribution is -2.18. The second kappa shape index (κ2) is 7.05. The number of hydrogen-bond acceptors (Lipinski definition) is 4. The second-order valence-electron chi connectivity index (χ2n) is 5.90. The summed E-state index contributed by atoms with van der Waals surface area (Å²) < 4.78 is 0. The molecule has 4 nitrogen and oxygen atoms in total. The Morgan fingerprint density at radius 1 is 1.18 bits per heavy atom. The molecule has 2 aromatic rings. The zero-order valence-electron chi connectivity index (χ0n) is 12.8. The van der Waals surface area contributed by atoms with E-state index in [1.54, 1.807) is 6.20 Å². The monoisotopic (exact) mass is 316 g/mol. The summed E-state index contributed by atoms with van der Waals surface area (Å²) in [6.45, 7) is 2.83. The zero-order valence-corrected chi connectivity index (χ0v) is 13.6. The van der Waals surface area contributed by atoms with E-state index in [2.05, 4.69) is 20.3 Å². The first kappa shape index (κ1) is 15.2. The van der Waals surface area contributed by atoms with E-state index in [1.165, 1.54) is 32.1 Å². The maximum atomic E-state index is 6.36. The van der Waals surface area contributed by atoms with Gasteiger partial charge in [-0.2, -0.15) is 0 Å². The highest BCUT2D eigenvalue weighted by Crippen LogP contribution is 2.28. The molecule has 116 valence electrons. The quantitative estimate of drug-likeness (QED) is 0.902. The van der Waals surface area contributed by atoms with E-state index in [-0.39, 0.29) is 0 Å². The van der Waals surface area contributed by atoms with Gasteiger partial charge in [-0.15, -0.1) is 0 Å². The summed E-state index contributed by atoms with van der Waals surface area (Å²) in [4.78, 5) is 13.3. The minimum absolute atomic E-state index is 0.607. The van der Waals surface area contributed by atoms with Crippen molar-refractivity contribution >= 4 is 17.4 Å². The molecule has 3 rings (SSSR count). The lowest BCUT2D eigenvalue weighted by atomic mass is 9.89. The van der Waals surface area contributed by atoms with Gasteiger partial charge in [0.2, 0.25) is 0 Å². The van der Waals surface area contributed by atoms with Crippen LogP contribution in [0.5, 0.6) is 0 Å². The lowest BCUT2D eigenvalue weighted by molar-refractivity contribution is 0.373. The van der Waals surface area contributed by atoms with Crippen LogP contribution in [-0.2, 0) is 0 Å². The van der Waals surface area contributed by atoms with E-state index in [1.807, 2.05) is 25.1 Å². The van der Waals surface area contributed by atoms with Crippen LogP contribution in [0.3, 0.4) is 0 Å². The average molecular weight is 317 g/mol. The summed E-state index contributed by atoms with van der Waals surface area (Å²) in [6, 6.07) is 5.73. The molecule has 0 aromatic carbocycles. The van der Waals surface area contributed by atoms with Crippen molar-refractivity contribution in [3.05, 3.63) is 35.1 Å². The predicted octanol–water partition coefficient (Wildman–Crippen LogP) is 4.49. The van der Waals surface area contributed by atoms with Gasteiger partial charge in [-0.25, -0.2) is 9.97 Å². The molecule has 2 heterocycles. The van der Waals surface area contributed by atoms with Gasteiger partial charge in [0.05, 0.1) is 5.69 Å². The Morgan fingerprint density at radius 3 is 2.73 bits per heavy atom. The number of aryl methyl sites for hydroxylation is 1. The molecular formula is C17H21ClN4. The van der Waals surface area contributed by atoms with Gasteiger partial charge in [-0.05, 0) is 37.8 Å². The van der Waals surface area contributed by atoms with Gasteiger partial charge in [0.25, 0.3) is 0 Å². The van der Waals surface area contributed by atoms with Gasteiger partial charge in [0.15, 0.2) is 5.82 Å². The molecule has 1 saturated carbocycles. The van der Waals surface area contributed by atoms with Crippen molar-refractivity contribution in [3.63, 3.8) is 0 Å². The van der Waals surface area contributed by atoms with E-state index in [0.717, 1.165) is 29.7 Å². The Bertz CT molecular complexity index is 624. The van der Waals surface area contributed by atoms with Crippen LogP contribution in [0.15, 0.2) is 24.4 Å². The molecule has 5 heteroatoms. The molecule has 0 aliphatic heterocycles. The highest BCUT2D eigenvalue weighted by molar-refractivity contribution is 6.33. The molecule has 0 unspecified atom stereocenters. The normalized spacial score (nSPS) is 15.7. The van der Waals surface area contributed by atoms with E-state index >= 15 is 0 Å². The number of nitrogens with one attached hydrogen (secondary N) is 1. The molecule has 1 N–H and O–H groups in total. The van der Waals surface area contributed by atoms with Crippen molar-refractivity contribution < 1.29 is 0 Å². The first-order valence-corrected chi connectivity index (χ1v) is 8.31. The predicted molar refractivity (Wildman–Crippen MR) is 90.1 cm³/mol. The summed E-state index contributed by atoms with van der Waals surface area (Å²) in [5.74, 6) is 2.06. The summed E-state index contributed by atoms with van der Waals surface area (Å²) >= 11 is 6.36. The molecule has 0 saturated heterocycles. The van der Waals surface area contributed by atoms with Crippen molar-refractivity contribution in [2.75, 3.05) is 11.9 Å². The SMILES string of the molecule is Cc1nc(-c2ccccn2)nc(NCC2CCCCC2)c1Cl. The fourth-order valence-corrected chi connectivity index (χ4v) is 3.07. The van der Waals surface area contributed by atoms with Crippen LogP contribution in [0.1, 0.15) is 37.8 Å². The molecule has 1 aliphatic rings. The third-order valence-electron chi connectivity index (χ3n) is 4.19. The van der Waals surface area contributed by atoms with Crippen molar-refractivity contribution in [1.82, 2.24) is 15.0 Å². The topological polar surface area (TPSA) is 50.7 Å². The number of rotatable bonds is 4. The van der Waals surface area contributed by atoms with Gasteiger partial charge in [-0.1, -0.05) is 36.9 Å². The van der Waals surface area contributed by atoms with Crippen molar-refractivity contribution in [3.8, 4) is 11.5 Å². The molecular weight excluding hydrogens is 296 g/mol. The molecule has 2 aromatic heterocycles. The van der Waals surface area contributed by atoms with Gasteiger partial charge < -0.3 is 5.32 Å². The van der Waals surface area contributed by atoms with E-state index in [9.17, 15) is 0 Å². The Balaban J connectivity index is 1.79. The Hall–Kier alpha value is -1.68. The molecule has 0 spiro atoms. The number of hydrogen-bond donors (Lipinski definition) is 1. The first-order valence-electron chi connectivity index (χ1n) is 7.93. The van der Waals surface area contributed by atoms with E-state index < -0.39 is 0 Å². The van der Waals surface area contributed by atoms with Crippen molar-refractivity contribution in [2.24, 2.45) is 5.92 Å². The van der Waals surface area contributed by atoms with Crippen LogP contribution in [0.2, 0.25) is 5.02 Å². The maximum absolute atomic E-state index is 6.36. The molecule has 0 bridgehead atoms. The molecule has 22 heavy (non-hydrogen) atoms. The number of anilines is 1. The van der Waals surface area contributed by atoms with Crippen LogP contribution < -0.4 is 5.32 Å². The minimum Gasteiger partial charge on any atom is -0.368 e. The third kappa shape index (κ3) is 3.55. The van der Waals surface area contributed by atoms with Crippen molar-refractivity contribution in [2.45, 2.75) is 39.0 Å². The zero-order chi connectivity index (χ0) is 15.4. The summed E-state index contributed by atoms with van der Waals surface area (Å²) in [5.41, 5.74) is 1.55. The standard InChI is InChI=1S/C17H21ClN4/c1-12-15(18)17(20-11-13-7-3-2-4-8-13)22-16(21-12)14-9-5-6-10-19-14/h5-6,9-10,13H,2-4,7-8,11H2,1H3,(H,20,21,22). The van der Waals surface area contributed by atoms with Crippen LogP contribution in [0.25, 0.3) is 11.5 Å². The van der Waals surface area contributed by atoms with Crippen LogP contribution >= 0.6 is 11.6 Å². The van der Waals surface area contributed by atoms with Crippen molar-refractivity contribution in [1.29, 1.82) is 0 Å². The fourth-order valence-electron chi connectivity index (χ4n) is 2.92. The van der Waals surface area contributed by atoms with Gasteiger partial charge >= 0.3 is 0 Å². The summed E-state index contributed by atoms with van der Waals surface area (Å²) in [7, 11) is 0. The van der Waals surface area contributed by atoms with E-state index in [4.69, 9.17) is 11.6 Å². The van der Waals surface area contributed by atoms with Gasteiger partial charge in [0, 0.05) is 12.7 Å². The number of nitrogens with zero attached hydrogens (tertiary/aromatic N) is 3. The Kier molecular flexibility index (Phi) is 4.88. The summed E-state index contributed by atoms with van der Waals surface area (Å²) in [6.07, 6.45) is 8.37. The number of halogens is 1. The van der Waals surface area contributed by atoms with Crippen LogP contribution in [0, 0.1) is 12.8 Å². The highest BCUT2D eigenvalue weighted by atomic mass is 35.5. The number of aromatic nitrogens is 3. The lowest BCUT2D eigenvalue weighted by Gasteiger charge is -2.22. The minimum atomic E-state index is 0.607. The first-order chi connectivity index (χ1) is 10.7. The Morgan fingerprint density at radius 2 is 2.00 bits per heavy atom. The summed E-state index contributed by atoms with van der Waals surface area (Å²) in [5, 5.41) is 4.03. The molecule has 0 atom stereocenters. The van der Waals surface area contributed by atoms with Gasteiger partial charge in [0.1, 0.15) is 16.5 Å². The molecule has 0 radical (unpaired) electrons. The van der Waals surface area contributed by atoms with E-state index in [0.29, 0.717) is 10.8 Å². The highest BCUT2D eigenvalue weighted by Gasteiger charge is 2.16. The Labute approximate surface area is 136 Å². The smallest absolute Gasteiger partial charge is 0.180 e. The van der Waals surface area contributed by atoms with Crippen LogP contribution in [0.4, 0.5) is 5.82 Å². The molecule has 0 amide bonds. The van der Waals surface area contributed by atoms with Crippen LogP contribution in [-0.4, -0.2) is 21.5 Å². The third-order valence-corrected chi connectivity index (χ3v) is 4.65. The maximum Gasteiger partial charge on any atom is 0.180 e.